The van der Waals surface area contributed by atoms with Crippen LogP contribution >= 0.6 is 7.60 Å². The summed E-state index contributed by atoms with van der Waals surface area (Å²) < 4.78 is 36.2. The van der Waals surface area contributed by atoms with Crippen molar-refractivity contribution in [2.45, 2.75) is 124 Å². The molecule has 0 aliphatic rings. The molecule has 1 N–H and O–H groups in total. The van der Waals surface area contributed by atoms with Crippen molar-refractivity contribution in [2.75, 3.05) is 39.4 Å². The van der Waals surface area contributed by atoms with E-state index in [-0.39, 0.29) is 32.7 Å². The molecular formula is C29H55N2O7P. The van der Waals surface area contributed by atoms with Crippen LogP contribution in [0.2, 0.25) is 0 Å². The highest BCUT2D eigenvalue weighted by Gasteiger charge is 2.24. The van der Waals surface area contributed by atoms with Crippen molar-refractivity contribution < 1.29 is 23.1 Å². The molecular weight excluding hydrogens is 519 g/mol. The Balaban J connectivity index is 1.99. The van der Waals surface area contributed by atoms with Crippen molar-refractivity contribution in [1.82, 2.24) is 9.55 Å². The van der Waals surface area contributed by atoms with Crippen LogP contribution in [0.3, 0.4) is 0 Å². The van der Waals surface area contributed by atoms with E-state index in [9.17, 15) is 14.2 Å². The third-order valence-corrected chi connectivity index (χ3v) is 8.33. The molecule has 0 amide bonds. The smallest absolute Gasteiger partial charge is 0.356 e. The molecule has 1 rings (SSSR count). The van der Waals surface area contributed by atoms with Crippen LogP contribution in [0.25, 0.3) is 0 Å². The summed E-state index contributed by atoms with van der Waals surface area (Å²) in [4.78, 5) is 25.5. The largest absolute Gasteiger partial charge is 0.381 e. The molecule has 1 atom stereocenters. The Bertz CT molecular complexity index is 887. The normalized spacial score (nSPS) is 13.1. The molecule has 10 heteroatoms. The average molecular weight is 575 g/mol. The van der Waals surface area contributed by atoms with E-state index in [1.165, 1.54) is 94.2 Å². The zero-order chi connectivity index (χ0) is 28.6. The van der Waals surface area contributed by atoms with Gasteiger partial charge in [0.05, 0.1) is 26.4 Å². The fraction of sp³-hybridized carbons (Fsp3) is 0.862. The van der Waals surface area contributed by atoms with Crippen LogP contribution in [0.4, 0.5) is 0 Å². The monoisotopic (exact) mass is 574 g/mol. The lowest BCUT2D eigenvalue weighted by Crippen LogP contribution is -2.31. The summed E-state index contributed by atoms with van der Waals surface area (Å²) in [6.07, 6.45) is 20.7. The van der Waals surface area contributed by atoms with Crippen LogP contribution in [-0.4, -0.2) is 48.9 Å². The first-order valence-electron chi connectivity index (χ1n) is 15.3. The number of aromatic amines is 1. The van der Waals surface area contributed by atoms with Gasteiger partial charge in [-0.05, 0) is 26.7 Å². The summed E-state index contributed by atoms with van der Waals surface area (Å²) in [5, 5.41) is 0. The van der Waals surface area contributed by atoms with Gasteiger partial charge in [0.2, 0.25) is 0 Å². The maximum atomic E-state index is 12.8. The average Bonchev–Trinajstić information content (AvgIpc) is 2.91. The number of hydrogen-bond donors (Lipinski definition) is 1. The number of aromatic nitrogens is 2. The third kappa shape index (κ3) is 18.7. The number of unbranched alkanes of at least 4 members (excludes halogenated alkanes) is 13. The number of nitrogens with one attached hydrogen (secondary N) is 1. The molecule has 1 aromatic rings. The Morgan fingerprint density at radius 1 is 0.718 bits per heavy atom. The predicted octanol–water partition coefficient (Wildman–Crippen LogP) is 6.95. The van der Waals surface area contributed by atoms with Crippen LogP contribution in [0.15, 0.2) is 15.8 Å². The number of rotatable bonds is 27. The molecule has 0 aromatic carbocycles. The SMILES string of the molecule is CCCCCCCCCCCCCCCCOCCCOP(=O)(COCCn1cc(C)c(=O)[nH]c1=O)OCC. The highest BCUT2D eigenvalue weighted by molar-refractivity contribution is 7.53. The summed E-state index contributed by atoms with van der Waals surface area (Å²) >= 11 is 0. The van der Waals surface area contributed by atoms with E-state index in [0.717, 1.165) is 13.0 Å². The number of ether oxygens (including phenoxy) is 2. The van der Waals surface area contributed by atoms with Crippen molar-refractivity contribution >= 4 is 7.60 Å². The number of hydrogen-bond acceptors (Lipinski definition) is 7. The predicted molar refractivity (Wildman–Crippen MR) is 158 cm³/mol. The Morgan fingerprint density at radius 2 is 1.28 bits per heavy atom. The topological polar surface area (TPSA) is 109 Å². The van der Waals surface area contributed by atoms with Crippen molar-refractivity contribution in [3.05, 3.63) is 32.6 Å². The fourth-order valence-electron chi connectivity index (χ4n) is 4.30. The van der Waals surface area contributed by atoms with E-state index in [4.69, 9.17) is 18.5 Å². The lowest BCUT2D eigenvalue weighted by Gasteiger charge is -2.18. The molecule has 1 unspecified atom stereocenters. The maximum absolute atomic E-state index is 12.8. The molecule has 0 aliphatic heterocycles. The van der Waals surface area contributed by atoms with Gasteiger partial charge in [-0.3, -0.25) is 18.9 Å². The van der Waals surface area contributed by atoms with Gasteiger partial charge in [-0.15, -0.1) is 0 Å². The fourth-order valence-corrected chi connectivity index (χ4v) is 5.67. The molecule has 0 saturated carbocycles. The quantitative estimate of drug-likeness (QED) is 0.0894. The van der Waals surface area contributed by atoms with Crippen LogP contribution in [0, 0.1) is 6.92 Å². The minimum Gasteiger partial charge on any atom is -0.381 e. The first kappa shape index (κ1) is 35.8. The molecule has 1 aromatic heterocycles. The standard InChI is InChI=1S/C29H55N2O7P/c1-4-6-7-8-9-10-11-12-13-14-15-16-17-18-21-35-22-19-23-38-39(34,37-5-2)26-36-24-20-31-25-27(3)28(32)30-29(31)33/h25H,4-24,26H2,1-3H3,(H,30,32,33). The molecule has 228 valence electrons. The zero-order valence-electron chi connectivity index (χ0n) is 24.9. The molecule has 0 saturated heterocycles. The highest BCUT2D eigenvalue weighted by Crippen LogP contribution is 2.48. The maximum Gasteiger partial charge on any atom is 0.356 e. The van der Waals surface area contributed by atoms with E-state index in [2.05, 4.69) is 11.9 Å². The molecule has 0 bridgehead atoms. The van der Waals surface area contributed by atoms with E-state index < -0.39 is 18.8 Å². The van der Waals surface area contributed by atoms with Gasteiger partial charge >= 0.3 is 13.3 Å². The van der Waals surface area contributed by atoms with Gasteiger partial charge in [-0.1, -0.05) is 90.4 Å². The molecule has 39 heavy (non-hydrogen) atoms. The molecule has 9 nitrogen and oxygen atoms in total. The first-order chi connectivity index (χ1) is 18.9. The van der Waals surface area contributed by atoms with Gasteiger partial charge in [-0.2, -0.15) is 0 Å². The van der Waals surface area contributed by atoms with Gasteiger partial charge in [-0.25, -0.2) is 4.79 Å². The van der Waals surface area contributed by atoms with Crippen LogP contribution in [0.1, 0.15) is 116 Å². The second-order valence-corrected chi connectivity index (χ2v) is 12.2. The van der Waals surface area contributed by atoms with E-state index in [1.807, 2.05) is 0 Å². The Hall–Kier alpha value is -1.25. The van der Waals surface area contributed by atoms with Gasteiger partial charge in [0.25, 0.3) is 5.56 Å². The van der Waals surface area contributed by atoms with Crippen molar-refractivity contribution in [3.63, 3.8) is 0 Å². The number of H-pyrrole nitrogens is 1. The van der Waals surface area contributed by atoms with E-state index in [1.54, 1.807) is 13.8 Å². The minimum absolute atomic E-state index is 0.133. The Kier molecular flexibility index (Phi) is 21.5. The van der Waals surface area contributed by atoms with Crippen LogP contribution in [-0.2, 0) is 29.6 Å². The number of nitrogens with zero attached hydrogens (tertiary/aromatic N) is 1. The van der Waals surface area contributed by atoms with Crippen molar-refractivity contribution in [1.29, 1.82) is 0 Å². The number of aryl methyl sites for hydroxylation is 1. The van der Waals surface area contributed by atoms with E-state index in [0.29, 0.717) is 18.6 Å². The Morgan fingerprint density at radius 3 is 1.87 bits per heavy atom. The van der Waals surface area contributed by atoms with Crippen LogP contribution < -0.4 is 11.2 Å². The molecule has 0 aliphatic carbocycles. The molecule has 0 spiro atoms. The zero-order valence-corrected chi connectivity index (χ0v) is 25.8. The summed E-state index contributed by atoms with van der Waals surface area (Å²) in [5.74, 6) is 0. The van der Waals surface area contributed by atoms with Gasteiger partial charge in [0.15, 0.2) is 0 Å². The lowest BCUT2D eigenvalue weighted by molar-refractivity contribution is 0.100. The van der Waals surface area contributed by atoms with Crippen LogP contribution in [0.5, 0.6) is 0 Å². The summed E-state index contributed by atoms with van der Waals surface area (Å²) in [6.45, 7) is 7.79. The van der Waals surface area contributed by atoms with Crippen molar-refractivity contribution in [3.8, 4) is 0 Å². The minimum atomic E-state index is -3.39. The van der Waals surface area contributed by atoms with Gasteiger partial charge in [0, 0.05) is 25.0 Å². The second kappa shape index (κ2) is 23.5. The highest BCUT2D eigenvalue weighted by atomic mass is 31.2. The van der Waals surface area contributed by atoms with Gasteiger partial charge < -0.3 is 18.5 Å². The van der Waals surface area contributed by atoms with Crippen molar-refractivity contribution in [2.24, 2.45) is 0 Å². The third-order valence-electron chi connectivity index (χ3n) is 6.60. The molecule has 0 fully saturated rings. The van der Waals surface area contributed by atoms with Gasteiger partial charge in [0.1, 0.15) is 6.35 Å². The summed E-state index contributed by atoms with van der Waals surface area (Å²) in [5.41, 5.74) is -0.480. The molecule has 1 heterocycles. The lowest BCUT2D eigenvalue weighted by atomic mass is 10.0. The Labute approximate surface area is 235 Å². The summed E-state index contributed by atoms with van der Waals surface area (Å²) in [7, 11) is -3.39. The van der Waals surface area contributed by atoms with E-state index >= 15 is 0 Å². The second-order valence-electron chi connectivity index (χ2n) is 10.2. The molecule has 0 radical (unpaired) electrons. The summed E-state index contributed by atoms with van der Waals surface area (Å²) in [6, 6.07) is 0. The first-order valence-corrected chi connectivity index (χ1v) is 17.0.